The van der Waals surface area contributed by atoms with E-state index >= 15 is 0 Å². The van der Waals surface area contributed by atoms with Gasteiger partial charge in [0.1, 0.15) is 0 Å². The van der Waals surface area contributed by atoms with Crippen molar-refractivity contribution in [2.45, 2.75) is 0 Å². The highest BCUT2D eigenvalue weighted by Crippen LogP contribution is 1.84. The Kier molecular flexibility index (Phi) is 2.74. The summed E-state index contributed by atoms with van der Waals surface area (Å²) < 4.78 is 0. The lowest BCUT2D eigenvalue weighted by molar-refractivity contribution is 0.363. The van der Waals surface area contributed by atoms with Gasteiger partial charge in [-0.2, -0.15) is 0 Å². The zero-order valence-corrected chi connectivity index (χ0v) is 5.93. The standard InChI is InChI=1S/C7H14N2/c1-9-6-3-2-4-8-5-7-9/h2-3,8H,4-7H2,1H3. The summed E-state index contributed by atoms with van der Waals surface area (Å²) in [6.07, 6.45) is 4.38. The third-order valence-corrected chi connectivity index (χ3v) is 1.52. The highest BCUT2D eigenvalue weighted by Gasteiger charge is 1.95. The van der Waals surface area contributed by atoms with Gasteiger partial charge in [-0.15, -0.1) is 0 Å². The Balaban J connectivity index is 2.28. The van der Waals surface area contributed by atoms with E-state index in [0.717, 1.165) is 26.2 Å². The van der Waals surface area contributed by atoms with E-state index in [2.05, 4.69) is 29.4 Å². The minimum Gasteiger partial charge on any atom is -0.312 e. The van der Waals surface area contributed by atoms with Crippen LogP contribution >= 0.6 is 0 Å². The molecule has 1 aliphatic heterocycles. The van der Waals surface area contributed by atoms with Gasteiger partial charge in [0.05, 0.1) is 0 Å². The van der Waals surface area contributed by atoms with Gasteiger partial charge in [-0.1, -0.05) is 12.2 Å². The Hall–Kier alpha value is -0.340. The fourth-order valence-electron chi connectivity index (χ4n) is 0.884. The number of hydrogen-bond donors (Lipinski definition) is 1. The van der Waals surface area contributed by atoms with Crippen LogP contribution in [0.15, 0.2) is 12.2 Å². The molecule has 0 saturated carbocycles. The molecule has 0 aromatic carbocycles. The molecule has 0 aromatic heterocycles. The van der Waals surface area contributed by atoms with Gasteiger partial charge < -0.3 is 10.2 Å². The average molecular weight is 126 g/mol. The van der Waals surface area contributed by atoms with Crippen molar-refractivity contribution in [3.63, 3.8) is 0 Å². The van der Waals surface area contributed by atoms with Crippen LogP contribution in [0.25, 0.3) is 0 Å². The average Bonchev–Trinajstić information content (AvgIpc) is 1.79. The molecule has 0 aromatic rings. The Morgan fingerprint density at radius 1 is 1.44 bits per heavy atom. The van der Waals surface area contributed by atoms with Crippen LogP contribution < -0.4 is 5.32 Å². The Morgan fingerprint density at radius 3 is 3.22 bits per heavy atom. The molecule has 0 spiro atoms. The fourth-order valence-corrected chi connectivity index (χ4v) is 0.884. The molecule has 2 heteroatoms. The maximum absolute atomic E-state index is 3.29. The molecule has 52 valence electrons. The van der Waals surface area contributed by atoms with E-state index in [4.69, 9.17) is 0 Å². The predicted octanol–water partition coefficient (Wildman–Crippen LogP) is 0.0776. The van der Waals surface area contributed by atoms with Crippen molar-refractivity contribution in [2.75, 3.05) is 33.2 Å². The van der Waals surface area contributed by atoms with Crippen LogP contribution in [0.2, 0.25) is 0 Å². The quantitative estimate of drug-likeness (QED) is 0.462. The van der Waals surface area contributed by atoms with Gasteiger partial charge in [-0.3, -0.25) is 0 Å². The summed E-state index contributed by atoms with van der Waals surface area (Å²) >= 11 is 0. The van der Waals surface area contributed by atoms with E-state index in [0.29, 0.717) is 0 Å². The van der Waals surface area contributed by atoms with E-state index in [-0.39, 0.29) is 0 Å². The molecule has 0 aliphatic carbocycles. The number of hydrogen-bond acceptors (Lipinski definition) is 2. The third-order valence-electron chi connectivity index (χ3n) is 1.52. The van der Waals surface area contributed by atoms with Gasteiger partial charge >= 0.3 is 0 Å². The first-order chi connectivity index (χ1) is 4.39. The van der Waals surface area contributed by atoms with Crippen LogP contribution in [-0.4, -0.2) is 38.1 Å². The smallest absolute Gasteiger partial charge is 0.0161 e. The van der Waals surface area contributed by atoms with Gasteiger partial charge in [0, 0.05) is 26.2 Å². The Morgan fingerprint density at radius 2 is 2.33 bits per heavy atom. The van der Waals surface area contributed by atoms with Gasteiger partial charge in [-0.05, 0) is 7.05 Å². The SMILES string of the molecule is CN1CC=CCNCC1. The molecule has 9 heavy (non-hydrogen) atoms. The van der Waals surface area contributed by atoms with Gasteiger partial charge in [0.15, 0.2) is 0 Å². The molecule has 0 radical (unpaired) electrons. The minimum absolute atomic E-state index is 1.04. The molecule has 1 N–H and O–H groups in total. The summed E-state index contributed by atoms with van der Waals surface area (Å²) in [5, 5.41) is 3.29. The molecule has 1 rings (SSSR count). The number of nitrogens with zero attached hydrogens (tertiary/aromatic N) is 1. The van der Waals surface area contributed by atoms with E-state index < -0.39 is 0 Å². The van der Waals surface area contributed by atoms with Crippen molar-refractivity contribution in [3.05, 3.63) is 12.2 Å². The lowest BCUT2D eigenvalue weighted by Gasteiger charge is -2.16. The third kappa shape index (κ3) is 2.63. The van der Waals surface area contributed by atoms with Crippen LogP contribution in [-0.2, 0) is 0 Å². The first-order valence-corrected chi connectivity index (χ1v) is 3.44. The van der Waals surface area contributed by atoms with Crippen molar-refractivity contribution in [3.8, 4) is 0 Å². The van der Waals surface area contributed by atoms with Crippen molar-refractivity contribution < 1.29 is 0 Å². The zero-order chi connectivity index (χ0) is 6.53. The molecular formula is C7H14N2. The lowest BCUT2D eigenvalue weighted by atomic mass is 10.4. The minimum atomic E-state index is 1.04. The largest absolute Gasteiger partial charge is 0.312 e. The molecule has 0 saturated heterocycles. The summed E-state index contributed by atoms with van der Waals surface area (Å²) in [6, 6.07) is 0. The summed E-state index contributed by atoms with van der Waals surface area (Å²) in [4.78, 5) is 2.29. The van der Waals surface area contributed by atoms with Crippen molar-refractivity contribution >= 4 is 0 Å². The summed E-state index contributed by atoms with van der Waals surface area (Å²) in [7, 11) is 2.14. The fraction of sp³-hybridized carbons (Fsp3) is 0.714. The van der Waals surface area contributed by atoms with E-state index in [1.807, 2.05) is 0 Å². The maximum Gasteiger partial charge on any atom is 0.0161 e. The van der Waals surface area contributed by atoms with Gasteiger partial charge in [0.25, 0.3) is 0 Å². The van der Waals surface area contributed by atoms with E-state index in [9.17, 15) is 0 Å². The van der Waals surface area contributed by atoms with Gasteiger partial charge in [-0.25, -0.2) is 0 Å². The first kappa shape index (κ1) is 6.78. The van der Waals surface area contributed by atoms with E-state index in [1.165, 1.54) is 0 Å². The van der Waals surface area contributed by atoms with Gasteiger partial charge in [0.2, 0.25) is 0 Å². The van der Waals surface area contributed by atoms with Crippen LogP contribution in [0.5, 0.6) is 0 Å². The lowest BCUT2D eigenvalue weighted by Crippen LogP contribution is -2.31. The highest BCUT2D eigenvalue weighted by atomic mass is 15.1. The topological polar surface area (TPSA) is 15.3 Å². The molecule has 0 unspecified atom stereocenters. The molecule has 0 atom stereocenters. The summed E-state index contributed by atoms with van der Waals surface area (Å²) in [5.41, 5.74) is 0. The van der Waals surface area contributed by atoms with E-state index in [1.54, 1.807) is 0 Å². The second kappa shape index (κ2) is 3.64. The molecule has 0 bridgehead atoms. The molecular weight excluding hydrogens is 112 g/mol. The van der Waals surface area contributed by atoms with Crippen LogP contribution in [0.3, 0.4) is 0 Å². The van der Waals surface area contributed by atoms with Crippen LogP contribution in [0, 0.1) is 0 Å². The number of rotatable bonds is 0. The summed E-state index contributed by atoms with van der Waals surface area (Å²) in [6.45, 7) is 4.40. The van der Waals surface area contributed by atoms with Crippen LogP contribution in [0.1, 0.15) is 0 Å². The van der Waals surface area contributed by atoms with Crippen molar-refractivity contribution in [1.82, 2.24) is 10.2 Å². The molecule has 0 fully saturated rings. The Labute approximate surface area is 56.5 Å². The molecule has 0 amide bonds. The number of nitrogens with one attached hydrogen (secondary N) is 1. The van der Waals surface area contributed by atoms with Crippen molar-refractivity contribution in [2.24, 2.45) is 0 Å². The maximum atomic E-state index is 3.29. The normalized spacial score (nSPS) is 23.2. The predicted molar refractivity (Wildman–Crippen MR) is 39.5 cm³/mol. The highest BCUT2D eigenvalue weighted by molar-refractivity contribution is 4.87. The summed E-state index contributed by atoms with van der Waals surface area (Å²) in [5.74, 6) is 0. The molecule has 1 heterocycles. The monoisotopic (exact) mass is 126 g/mol. The second-order valence-corrected chi connectivity index (χ2v) is 2.44. The first-order valence-electron chi connectivity index (χ1n) is 3.44. The molecule has 2 nitrogen and oxygen atoms in total. The molecule has 1 aliphatic rings. The second-order valence-electron chi connectivity index (χ2n) is 2.44. The number of likely N-dealkylation sites (N-methyl/N-ethyl adjacent to an activating group) is 1. The van der Waals surface area contributed by atoms with Crippen LogP contribution in [0.4, 0.5) is 0 Å². The Bertz CT molecular complexity index is 99.1. The van der Waals surface area contributed by atoms with Crippen molar-refractivity contribution in [1.29, 1.82) is 0 Å². The zero-order valence-electron chi connectivity index (χ0n) is 5.93.